The Morgan fingerprint density at radius 3 is 2.26 bits per heavy atom. The van der Waals surface area contributed by atoms with Crippen LogP contribution in [0.15, 0.2) is 48.5 Å². The van der Waals surface area contributed by atoms with Crippen molar-refractivity contribution in [2.75, 3.05) is 6.61 Å². The number of carbonyl (C=O) groups is 1. The van der Waals surface area contributed by atoms with Gasteiger partial charge in [-0.1, -0.05) is 52.0 Å². The van der Waals surface area contributed by atoms with Gasteiger partial charge in [0.05, 0.1) is 6.61 Å². The Bertz CT molecular complexity index is 651. The summed E-state index contributed by atoms with van der Waals surface area (Å²) in [4.78, 5) is 12.4. The number of esters is 1. The van der Waals surface area contributed by atoms with E-state index in [0.717, 1.165) is 6.42 Å². The minimum Gasteiger partial charge on any atom is -0.493 e. The van der Waals surface area contributed by atoms with Crippen LogP contribution in [-0.2, 0) is 5.41 Å². The van der Waals surface area contributed by atoms with Crippen LogP contribution in [0, 0.1) is 0 Å². The van der Waals surface area contributed by atoms with Crippen LogP contribution >= 0.6 is 0 Å². The Morgan fingerprint density at radius 1 is 1.00 bits per heavy atom. The third-order valence-electron chi connectivity index (χ3n) is 3.50. The standard InChI is InChI=1S/C20H24O3/c1-5-14-22-18-9-7-6-8-17(18)19(21)23-16-12-10-15(11-13-16)20(2,3)4/h6-13H,5,14H2,1-4H3. The molecule has 3 nitrogen and oxygen atoms in total. The molecule has 0 heterocycles. The van der Waals surface area contributed by atoms with E-state index in [0.29, 0.717) is 23.7 Å². The van der Waals surface area contributed by atoms with Crippen molar-refractivity contribution in [3.8, 4) is 11.5 Å². The SMILES string of the molecule is CCCOc1ccccc1C(=O)Oc1ccc(C(C)(C)C)cc1. The fourth-order valence-electron chi connectivity index (χ4n) is 2.16. The first kappa shape index (κ1) is 17.1. The summed E-state index contributed by atoms with van der Waals surface area (Å²) in [5.74, 6) is 0.694. The van der Waals surface area contributed by atoms with Crippen LogP contribution in [-0.4, -0.2) is 12.6 Å². The average Bonchev–Trinajstić information content (AvgIpc) is 2.53. The van der Waals surface area contributed by atoms with Gasteiger partial charge in [-0.3, -0.25) is 0 Å². The fraction of sp³-hybridized carbons (Fsp3) is 0.350. The Kier molecular flexibility index (Phi) is 5.43. The zero-order chi connectivity index (χ0) is 16.9. The van der Waals surface area contributed by atoms with Gasteiger partial charge in [-0.05, 0) is 41.7 Å². The molecule has 0 fully saturated rings. The Balaban J connectivity index is 2.13. The summed E-state index contributed by atoms with van der Waals surface area (Å²) in [5, 5.41) is 0. The van der Waals surface area contributed by atoms with Crippen LogP contribution in [0.4, 0.5) is 0 Å². The topological polar surface area (TPSA) is 35.5 Å². The van der Waals surface area contributed by atoms with Gasteiger partial charge in [-0.15, -0.1) is 0 Å². The Labute approximate surface area is 138 Å². The third-order valence-corrected chi connectivity index (χ3v) is 3.50. The molecule has 0 aromatic heterocycles. The van der Waals surface area contributed by atoms with Crippen molar-refractivity contribution < 1.29 is 14.3 Å². The molecule has 0 unspecified atom stereocenters. The summed E-state index contributed by atoms with van der Waals surface area (Å²) in [6.07, 6.45) is 0.887. The van der Waals surface area contributed by atoms with Crippen molar-refractivity contribution >= 4 is 5.97 Å². The average molecular weight is 312 g/mol. The molecular weight excluding hydrogens is 288 g/mol. The fourth-order valence-corrected chi connectivity index (χ4v) is 2.16. The molecule has 3 heteroatoms. The first-order valence-corrected chi connectivity index (χ1v) is 7.96. The van der Waals surface area contributed by atoms with Crippen molar-refractivity contribution in [3.63, 3.8) is 0 Å². The van der Waals surface area contributed by atoms with E-state index in [1.165, 1.54) is 5.56 Å². The van der Waals surface area contributed by atoms with Gasteiger partial charge in [0.1, 0.15) is 17.1 Å². The van der Waals surface area contributed by atoms with E-state index in [4.69, 9.17) is 9.47 Å². The molecule has 0 N–H and O–H groups in total. The number of ether oxygens (including phenoxy) is 2. The molecule has 0 amide bonds. The van der Waals surface area contributed by atoms with E-state index < -0.39 is 5.97 Å². The lowest BCUT2D eigenvalue weighted by atomic mass is 9.87. The molecule has 0 atom stereocenters. The lowest BCUT2D eigenvalue weighted by molar-refractivity contribution is 0.0730. The van der Waals surface area contributed by atoms with E-state index >= 15 is 0 Å². The third kappa shape index (κ3) is 4.59. The van der Waals surface area contributed by atoms with E-state index in [9.17, 15) is 4.79 Å². The van der Waals surface area contributed by atoms with Crippen LogP contribution in [0.25, 0.3) is 0 Å². The molecule has 0 aliphatic carbocycles. The summed E-state index contributed by atoms with van der Waals surface area (Å²) in [6.45, 7) is 9.04. The quantitative estimate of drug-likeness (QED) is 0.576. The van der Waals surface area contributed by atoms with Crippen LogP contribution in [0.1, 0.15) is 50.0 Å². The van der Waals surface area contributed by atoms with Gasteiger partial charge >= 0.3 is 5.97 Å². The van der Waals surface area contributed by atoms with Crippen molar-refractivity contribution in [2.45, 2.75) is 39.5 Å². The first-order valence-electron chi connectivity index (χ1n) is 7.96. The highest BCUT2D eigenvalue weighted by Crippen LogP contribution is 2.25. The minimum absolute atomic E-state index is 0.0726. The van der Waals surface area contributed by atoms with Gasteiger partial charge in [-0.25, -0.2) is 4.79 Å². The number of para-hydroxylation sites is 1. The molecule has 23 heavy (non-hydrogen) atoms. The highest BCUT2D eigenvalue weighted by molar-refractivity contribution is 5.93. The van der Waals surface area contributed by atoms with E-state index in [-0.39, 0.29) is 5.41 Å². The predicted octanol–water partition coefficient (Wildman–Crippen LogP) is 4.99. The largest absolute Gasteiger partial charge is 0.493 e. The molecule has 0 aliphatic rings. The highest BCUT2D eigenvalue weighted by Gasteiger charge is 2.16. The lowest BCUT2D eigenvalue weighted by Gasteiger charge is -2.19. The molecule has 0 bridgehead atoms. The first-order chi connectivity index (χ1) is 10.9. The van der Waals surface area contributed by atoms with E-state index in [2.05, 4.69) is 20.8 Å². The maximum Gasteiger partial charge on any atom is 0.347 e. The zero-order valence-electron chi connectivity index (χ0n) is 14.3. The second-order valence-corrected chi connectivity index (χ2v) is 6.51. The highest BCUT2D eigenvalue weighted by atomic mass is 16.5. The molecule has 2 rings (SSSR count). The molecule has 0 radical (unpaired) electrons. The van der Waals surface area contributed by atoms with Gasteiger partial charge in [-0.2, -0.15) is 0 Å². The molecular formula is C20H24O3. The van der Waals surface area contributed by atoms with E-state index in [1.807, 2.05) is 37.3 Å². The maximum atomic E-state index is 12.4. The number of carbonyl (C=O) groups excluding carboxylic acids is 1. The van der Waals surface area contributed by atoms with Gasteiger partial charge in [0.25, 0.3) is 0 Å². The van der Waals surface area contributed by atoms with Crippen molar-refractivity contribution in [3.05, 3.63) is 59.7 Å². The smallest absolute Gasteiger partial charge is 0.347 e. The zero-order valence-corrected chi connectivity index (χ0v) is 14.3. The summed E-state index contributed by atoms with van der Waals surface area (Å²) < 4.78 is 11.1. The number of hydrogen-bond donors (Lipinski definition) is 0. The summed E-state index contributed by atoms with van der Waals surface area (Å²) >= 11 is 0. The Hall–Kier alpha value is -2.29. The van der Waals surface area contributed by atoms with Crippen LogP contribution in [0.5, 0.6) is 11.5 Å². The summed E-state index contributed by atoms with van der Waals surface area (Å²) in [6, 6.07) is 14.8. The van der Waals surface area contributed by atoms with Gasteiger partial charge in [0, 0.05) is 0 Å². The number of rotatable bonds is 5. The molecule has 0 saturated heterocycles. The molecule has 2 aromatic carbocycles. The number of hydrogen-bond acceptors (Lipinski definition) is 3. The van der Waals surface area contributed by atoms with Gasteiger partial charge < -0.3 is 9.47 Å². The van der Waals surface area contributed by atoms with Crippen LogP contribution in [0.3, 0.4) is 0 Å². The second kappa shape index (κ2) is 7.32. The van der Waals surface area contributed by atoms with Gasteiger partial charge in [0.2, 0.25) is 0 Å². The van der Waals surface area contributed by atoms with Crippen molar-refractivity contribution in [2.24, 2.45) is 0 Å². The monoisotopic (exact) mass is 312 g/mol. The summed E-state index contributed by atoms with van der Waals surface area (Å²) in [5.41, 5.74) is 1.72. The van der Waals surface area contributed by atoms with Crippen LogP contribution < -0.4 is 9.47 Å². The summed E-state index contributed by atoms with van der Waals surface area (Å²) in [7, 11) is 0. The molecule has 2 aromatic rings. The molecule has 0 spiro atoms. The second-order valence-electron chi connectivity index (χ2n) is 6.51. The predicted molar refractivity (Wildman–Crippen MR) is 92.3 cm³/mol. The number of benzene rings is 2. The van der Waals surface area contributed by atoms with Crippen molar-refractivity contribution in [1.82, 2.24) is 0 Å². The van der Waals surface area contributed by atoms with Crippen molar-refractivity contribution in [1.29, 1.82) is 0 Å². The minimum atomic E-state index is -0.403. The molecule has 122 valence electrons. The van der Waals surface area contributed by atoms with Crippen LogP contribution in [0.2, 0.25) is 0 Å². The maximum absolute atomic E-state index is 12.4. The normalized spacial score (nSPS) is 11.1. The van der Waals surface area contributed by atoms with E-state index in [1.54, 1.807) is 18.2 Å². The molecule has 0 aliphatic heterocycles. The molecule has 0 saturated carbocycles. The Morgan fingerprint density at radius 2 is 1.65 bits per heavy atom. The lowest BCUT2D eigenvalue weighted by Crippen LogP contribution is -2.12. The van der Waals surface area contributed by atoms with Gasteiger partial charge in [0.15, 0.2) is 0 Å².